The number of hydrogen-bond acceptors (Lipinski definition) is 2. The van der Waals surface area contributed by atoms with Gasteiger partial charge in [-0.25, -0.2) is 0 Å². The molecule has 3 radical (unpaired) electrons. The maximum absolute atomic E-state index is 3.24. The third kappa shape index (κ3) is 8.88. The van der Waals surface area contributed by atoms with Crippen molar-refractivity contribution in [2.24, 2.45) is 0 Å². The Morgan fingerprint density at radius 1 is 0.917 bits per heavy atom. The molecule has 0 bridgehead atoms. The molecular formula is C9H22InN2. The van der Waals surface area contributed by atoms with Gasteiger partial charge in [-0.3, -0.25) is 0 Å². The van der Waals surface area contributed by atoms with Crippen LogP contribution in [-0.2, 0) is 0 Å². The fraction of sp³-hybridized carbons (Fsp3) is 1.00. The molecule has 0 aliphatic rings. The van der Waals surface area contributed by atoms with Crippen LogP contribution in [0.25, 0.3) is 0 Å². The summed E-state index contributed by atoms with van der Waals surface area (Å²) in [5.41, 5.74) is 0. The molecule has 12 heavy (non-hydrogen) atoms. The Bertz CT molecular complexity index is 78.6. The summed E-state index contributed by atoms with van der Waals surface area (Å²) in [4.78, 5) is 0. The van der Waals surface area contributed by atoms with E-state index >= 15 is 0 Å². The summed E-state index contributed by atoms with van der Waals surface area (Å²) in [7, 11) is 4.04. The summed E-state index contributed by atoms with van der Waals surface area (Å²) in [5.74, 6) is 0. The zero-order valence-corrected chi connectivity index (χ0v) is 12.1. The zero-order chi connectivity index (χ0) is 8.69. The van der Waals surface area contributed by atoms with Gasteiger partial charge in [0, 0.05) is 37.9 Å². The average molecular weight is 273 g/mol. The van der Waals surface area contributed by atoms with Crippen LogP contribution in [0.5, 0.6) is 0 Å². The average Bonchev–Trinajstić information content (AvgIpc) is 2.04. The maximum Gasteiger partial charge on any atom is 0.00357 e. The van der Waals surface area contributed by atoms with Crippen molar-refractivity contribution >= 4 is 25.8 Å². The fourth-order valence-electron chi connectivity index (χ4n) is 1.02. The maximum atomic E-state index is 3.24. The molecule has 0 rings (SSSR count). The van der Waals surface area contributed by atoms with Gasteiger partial charge in [0.25, 0.3) is 0 Å². The van der Waals surface area contributed by atoms with Crippen LogP contribution in [0.2, 0.25) is 0 Å². The second-order valence-electron chi connectivity index (χ2n) is 3.31. The van der Waals surface area contributed by atoms with Crippen LogP contribution in [-0.4, -0.2) is 52.0 Å². The van der Waals surface area contributed by atoms with Gasteiger partial charge < -0.3 is 10.6 Å². The van der Waals surface area contributed by atoms with Gasteiger partial charge in [0.05, 0.1) is 0 Å². The van der Waals surface area contributed by atoms with Crippen LogP contribution in [0.3, 0.4) is 0 Å². The Kier molecular flexibility index (Phi) is 12.6. The van der Waals surface area contributed by atoms with Crippen molar-refractivity contribution in [3.8, 4) is 0 Å². The topological polar surface area (TPSA) is 24.1 Å². The monoisotopic (exact) mass is 273 g/mol. The molecule has 0 aromatic carbocycles. The Balaban J connectivity index is 0. The molecule has 0 fully saturated rings. The minimum atomic E-state index is 0. The largest absolute Gasteiger partial charge is 0.317 e. The van der Waals surface area contributed by atoms with Crippen LogP contribution in [0.4, 0.5) is 0 Å². The molecule has 71 valence electrons. The molecule has 3 heteroatoms. The van der Waals surface area contributed by atoms with Crippen molar-refractivity contribution in [2.75, 3.05) is 14.1 Å². The predicted octanol–water partition coefficient (Wildman–Crippen LogP) is 0.992. The van der Waals surface area contributed by atoms with E-state index in [4.69, 9.17) is 0 Å². The first kappa shape index (κ1) is 15.3. The molecule has 2 N–H and O–H groups in total. The molecule has 0 heterocycles. The van der Waals surface area contributed by atoms with Crippen LogP contribution >= 0.6 is 0 Å². The molecule has 2 unspecified atom stereocenters. The summed E-state index contributed by atoms with van der Waals surface area (Å²) in [6.07, 6.45) is 3.87. The summed E-state index contributed by atoms with van der Waals surface area (Å²) in [6, 6.07) is 1.33. The summed E-state index contributed by atoms with van der Waals surface area (Å²) < 4.78 is 0. The van der Waals surface area contributed by atoms with E-state index in [1.54, 1.807) is 0 Å². The van der Waals surface area contributed by atoms with E-state index in [1.165, 1.54) is 19.3 Å². The van der Waals surface area contributed by atoms with Gasteiger partial charge in [0.2, 0.25) is 0 Å². The van der Waals surface area contributed by atoms with E-state index in [2.05, 4.69) is 24.5 Å². The Morgan fingerprint density at radius 3 is 1.50 bits per heavy atom. The molecule has 0 saturated carbocycles. The third-order valence-corrected chi connectivity index (χ3v) is 2.26. The fourth-order valence-corrected chi connectivity index (χ4v) is 1.02. The van der Waals surface area contributed by atoms with Crippen molar-refractivity contribution < 1.29 is 0 Å². The van der Waals surface area contributed by atoms with Gasteiger partial charge in [0.15, 0.2) is 0 Å². The quantitative estimate of drug-likeness (QED) is 0.754. The van der Waals surface area contributed by atoms with E-state index < -0.39 is 0 Å². The van der Waals surface area contributed by atoms with Crippen molar-refractivity contribution in [1.29, 1.82) is 0 Å². The van der Waals surface area contributed by atoms with Gasteiger partial charge in [-0.05, 0) is 40.8 Å². The van der Waals surface area contributed by atoms with E-state index in [-0.39, 0.29) is 25.8 Å². The van der Waals surface area contributed by atoms with Gasteiger partial charge in [-0.15, -0.1) is 0 Å². The molecule has 0 aliphatic carbocycles. The molecule has 0 aliphatic heterocycles. The smallest absolute Gasteiger partial charge is 0.00357 e. The summed E-state index contributed by atoms with van der Waals surface area (Å²) in [5, 5.41) is 6.47. The molecule has 2 nitrogen and oxygen atoms in total. The summed E-state index contributed by atoms with van der Waals surface area (Å²) >= 11 is 0. The number of hydrogen-bond donors (Lipinski definition) is 2. The van der Waals surface area contributed by atoms with Gasteiger partial charge in [-0.1, -0.05) is 6.42 Å². The van der Waals surface area contributed by atoms with Crippen LogP contribution in [0, 0.1) is 0 Å². The standard InChI is InChI=1S/C9H22N2.In/c1-8(10-3)6-5-7-9(2)11-4;/h8-11H,5-7H2,1-4H3;. The first-order valence-electron chi connectivity index (χ1n) is 4.55. The van der Waals surface area contributed by atoms with E-state index in [0.717, 1.165) is 0 Å². The van der Waals surface area contributed by atoms with Crippen molar-refractivity contribution in [3.05, 3.63) is 0 Å². The van der Waals surface area contributed by atoms with Crippen LogP contribution < -0.4 is 10.6 Å². The SMILES string of the molecule is CNC(C)CCCC(C)NC.[In]. The number of rotatable bonds is 6. The van der Waals surface area contributed by atoms with E-state index in [9.17, 15) is 0 Å². The molecule has 0 aromatic heterocycles. The molecular weight excluding hydrogens is 251 g/mol. The Labute approximate surface area is 95.7 Å². The van der Waals surface area contributed by atoms with E-state index in [1.807, 2.05) is 14.1 Å². The van der Waals surface area contributed by atoms with Gasteiger partial charge in [-0.2, -0.15) is 0 Å². The predicted molar refractivity (Wildman–Crippen MR) is 56.6 cm³/mol. The normalized spacial score (nSPS) is 15.0. The van der Waals surface area contributed by atoms with Crippen LogP contribution in [0.15, 0.2) is 0 Å². The van der Waals surface area contributed by atoms with Crippen molar-refractivity contribution in [1.82, 2.24) is 10.6 Å². The minimum Gasteiger partial charge on any atom is -0.317 e. The second-order valence-corrected chi connectivity index (χ2v) is 3.31. The molecule has 2 atom stereocenters. The zero-order valence-electron chi connectivity index (χ0n) is 8.85. The minimum absolute atomic E-state index is 0. The third-order valence-electron chi connectivity index (χ3n) is 2.26. The first-order valence-corrected chi connectivity index (χ1v) is 4.55. The van der Waals surface area contributed by atoms with Crippen molar-refractivity contribution in [3.63, 3.8) is 0 Å². The Hall–Kier alpha value is 0.790. The second kappa shape index (κ2) is 9.87. The van der Waals surface area contributed by atoms with Crippen LogP contribution in [0.1, 0.15) is 33.1 Å². The van der Waals surface area contributed by atoms with Gasteiger partial charge in [0.1, 0.15) is 0 Å². The molecule has 0 aromatic rings. The van der Waals surface area contributed by atoms with E-state index in [0.29, 0.717) is 12.1 Å². The number of nitrogens with one attached hydrogen (secondary N) is 2. The van der Waals surface area contributed by atoms with Gasteiger partial charge >= 0.3 is 0 Å². The Morgan fingerprint density at radius 2 is 1.25 bits per heavy atom. The molecule has 0 saturated heterocycles. The molecule has 0 spiro atoms. The molecule has 0 amide bonds. The first-order chi connectivity index (χ1) is 5.20. The summed E-state index contributed by atoms with van der Waals surface area (Å²) in [6.45, 7) is 4.45. The van der Waals surface area contributed by atoms with Crippen molar-refractivity contribution in [2.45, 2.75) is 45.2 Å².